The summed E-state index contributed by atoms with van der Waals surface area (Å²) < 4.78 is 7.16. The molecule has 0 radical (unpaired) electrons. The molecule has 0 atom stereocenters. The molecule has 0 spiro atoms. The first-order chi connectivity index (χ1) is 16.6. The molecule has 0 aliphatic rings. The molecule has 35 heavy (non-hydrogen) atoms. The summed E-state index contributed by atoms with van der Waals surface area (Å²) in [5, 5.41) is 12.1. The molecule has 9 heteroatoms. The second-order valence-electron chi connectivity index (χ2n) is 9.20. The molecule has 2 aromatic carbocycles. The summed E-state index contributed by atoms with van der Waals surface area (Å²) in [5.74, 6) is 1.13. The third-order valence-corrected chi connectivity index (χ3v) is 6.48. The van der Waals surface area contributed by atoms with E-state index in [9.17, 15) is 9.59 Å². The Labute approximate surface area is 211 Å². The Hall–Kier alpha value is -3.33. The van der Waals surface area contributed by atoms with Gasteiger partial charge in [0.1, 0.15) is 5.75 Å². The van der Waals surface area contributed by atoms with E-state index in [0.29, 0.717) is 23.1 Å². The van der Waals surface area contributed by atoms with Gasteiger partial charge in [-0.2, -0.15) is 0 Å². The minimum atomic E-state index is -0.281. The average Bonchev–Trinajstić information content (AvgIpc) is 3.24. The maximum absolute atomic E-state index is 12.7. The SMILES string of the molecule is CCn1c(SCC(=O)N(C)CC(=O)Nc2cccc(OC)c2)nnc1-c1ccc(C(C)(C)C)cc1. The molecule has 1 aromatic heterocycles. The van der Waals surface area contributed by atoms with Crippen LogP contribution in [-0.2, 0) is 21.5 Å². The third kappa shape index (κ3) is 6.85. The van der Waals surface area contributed by atoms with Gasteiger partial charge in [-0.15, -0.1) is 10.2 Å². The van der Waals surface area contributed by atoms with Crippen LogP contribution in [0, 0.1) is 0 Å². The quantitative estimate of drug-likeness (QED) is 0.441. The molecule has 0 bridgehead atoms. The zero-order valence-electron chi connectivity index (χ0n) is 21.2. The maximum Gasteiger partial charge on any atom is 0.243 e. The van der Waals surface area contributed by atoms with Crippen molar-refractivity contribution in [2.45, 2.75) is 44.8 Å². The van der Waals surface area contributed by atoms with Crippen molar-refractivity contribution in [3.05, 3.63) is 54.1 Å². The predicted molar refractivity (Wildman–Crippen MR) is 140 cm³/mol. The minimum absolute atomic E-state index is 0.0531. The molecule has 0 aliphatic heterocycles. The third-order valence-electron chi connectivity index (χ3n) is 5.53. The van der Waals surface area contributed by atoms with E-state index >= 15 is 0 Å². The summed E-state index contributed by atoms with van der Waals surface area (Å²) in [5.41, 5.74) is 2.93. The van der Waals surface area contributed by atoms with Gasteiger partial charge in [-0.05, 0) is 30.0 Å². The van der Waals surface area contributed by atoms with E-state index in [1.807, 2.05) is 11.5 Å². The van der Waals surface area contributed by atoms with E-state index in [4.69, 9.17) is 4.74 Å². The molecule has 0 unspecified atom stereocenters. The second kappa shape index (κ2) is 11.4. The molecule has 1 N–H and O–H groups in total. The summed E-state index contributed by atoms with van der Waals surface area (Å²) in [6.07, 6.45) is 0. The van der Waals surface area contributed by atoms with Crippen LogP contribution >= 0.6 is 11.8 Å². The fraction of sp³-hybridized carbons (Fsp3) is 0.385. The van der Waals surface area contributed by atoms with Crippen LogP contribution in [0.25, 0.3) is 11.4 Å². The fourth-order valence-corrected chi connectivity index (χ4v) is 4.40. The number of nitrogens with one attached hydrogen (secondary N) is 1. The standard InChI is InChI=1S/C26H33N5O3S/c1-7-31-24(18-11-13-19(14-12-18)26(2,3)4)28-29-25(31)35-17-23(33)30(5)16-22(32)27-20-9-8-10-21(15-20)34-6/h8-15H,7,16-17H2,1-6H3,(H,27,32). The number of amides is 2. The number of anilines is 1. The Morgan fingerprint density at radius 1 is 1.11 bits per heavy atom. The molecule has 0 saturated heterocycles. The molecule has 3 rings (SSSR count). The van der Waals surface area contributed by atoms with E-state index in [0.717, 1.165) is 11.4 Å². The number of rotatable bonds is 9. The van der Waals surface area contributed by atoms with Crippen LogP contribution in [0.2, 0.25) is 0 Å². The smallest absolute Gasteiger partial charge is 0.243 e. The van der Waals surface area contributed by atoms with Gasteiger partial charge in [0.2, 0.25) is 11.8 Å². The van der Waals surface area contributed by atoms with Crippen LogP contribution in [0.1, 0.15) is 33.3 Å². The highest BCUT2D eigenvalue weighted by molar-refractivity contribution is 7.99. The summed E-state index contributed by atoms with van der Waals surface area (Å²) in [6.45, 7) is 9.20. The highest BCUT2D eigenvalue weighted by Crippen LogP contribution is 2.27. The number of carbonyl (C=O) groups excluding carboxylic acids is 2. The number of hydrogen-bond acceptors (Lipinski definition) is 6. The van der Waals surface area contributed by atoms with E-state index in [1.54, 1.807) is 38.4 Å². The van der Waals surface area contributed by atoms with Crippen LogP contribution < -0.4 is 10.1 Å². The van der Waals surface area contributed by atoms with Gasteiger partial charge in [-0.3, -0.25) is 9.59 Å². The first-order valence-corrected chi connectivity index (χ1v) is 12.5. The van der Waals surface area contributed by atoms with Crippen LogP contribution in [0.4, 0.5) is 5.69 Å². The lowest BCUT2D eigenvalue weighted by Gasteiger charge is -2.19. The number of methoxy groups -OCH3 is 1. The van der Waals surface area contributed by atoms with Gasteiger partial charge in [0.15, 0.2) is 11.0 Å². The Morgan fingerprint density at radius 2 is 1.83 bits per heavy atom. The summed E-state index contributed by atoms with van der Waals surface area (Å²) in [4.78, 5) is 26.4. The van der Waals surface area contributed by atoms with E-state index in [-0.39, 0.29) is 29.5 Å². The van der Waals surface area contributed by atoms with Gasteiger partial charge < -0.3 is 19.5 Å². The predicted octanol–water partition coefficient (Wildman–Crippen LogP) is 4.46. The van der Waals surface area contributed by atoms with Gasteiger partial charge in [-0.25, -0.2) is 0 Å². The topological polar surface area (TPSA) is 89.4 Å². The number of benzene rings is 2. The van der Waals surface area contributed by atoms with Crippen LogP contribution in [0.15, 0.2) is 53.7 Å². The Morgan fingerprint density at radius 3 is 2.46 bits per heavy atom. The number of nitrogens with zero attached hydrogens (tertiary/aromatic N) is 4. The Balaban J connectivity index is 1.59. The van der Waals surface area contributed by atoms with Gasteiger partial charge in [-0.1, -0.05) is 62.9 Å². The van der Waals surface area contributed by atoms with Crippen molar-refractivity contribution in [2.24, 2.45) is 0 Å². The zero-order chi connectivity index (χ0) is 25.6. The highest BCUT2D eigenvalue weighted by atomic mass is 32.2. The van der Waals surface area contributed by atoms with Gasteiger partial charge >= 0.3 is 0 Å². The van der Waals surface area contributed by atoms with Crippen molar-refractivity contribution in [1.29, 1.82) is 0 Å². The van der Waals surface area contributed by atoms with Crippen molar-refractivity contribution in [3.8, 4) is 17.1 Å². The van der Waals surface area contributed by atoms with Gasteiger partial charge in [0.25, 0.3) is 0 Å². The van der Waals surface area contributed by atoms with Crippen LogP contribution in [-0.4, -0.2) is 57.9 Å². The Kier molecular flexibility index (Phi) is 8.56. The number of aromatic nitrogens is 3. The molecule has 0 saturated carbocycles. The van der Waals surface area contributed by atoms with Gasteiger partial charge in [0, 0.05) is 30.9 Å². The Bertz CT molecular complexity index is 1170. The lowest BCUT2D eigenvalue weighted by atomic mass is 9.87. The number of hydrogen-bond donors (Lipinski definition) is 1. The van der Waals surface area contributed by atoms with E-state index < -0.39 is 0 Å². The first-order valence-electron chi connectivity index (χ1n) is 11.5. The first kappa shape index (κ1) is 26.3. The van der Waals surface area contributed by atoms with Crippen molar-refractivity contribution in [3.63, 3.8) is 0 Å². The molecule has 2 amide bonds. The van der Waals surface area contributed by atoms with Crippen LogP contribution in [0.3, 0.4) is 0 Å². The van der Waals surface area contributed by atoms with E-state index in [1.165, 1.54) is 22.2 Å². The summed E-state index contributed by atoms with van der Waals surface area (Å²) >= 11 is 1.32. The minimum Gasteiger partial charge on any atom is -0.497 e. The molecule has 0 fully saturated rings. The molecule has 0 aliphatic carbocycles. The molecule has 186 valence electrons. The lowest BCUT2D eigenvalue weighted by molar-refractivity contribution is -0.131. The molecular formula is C26H33N5O3S. The number of carbonyl (C=O) groups is 2. The summed E-state index contributed by atoms with van der Waals surface area (Å²) in [6, 6.07) is 15.4. The fourth-order valence-electron chi connectivity index (χ4n) is 3.45. The van der Waals surface area contributed by atoms with Crippen molar-refractivity contribution < 1.29 is 14.3 Å². The maximum atomic E-state index is 12.7. The van der Waals surface area contributed by atoms with Crippen molar-refractivity contribution >= 4 is 29.3 Å². The van der Waals surface area contributed by atoms with Crippen molar-refractivity contribution in [1.82, 2.24) is 19.7 Å². The average molecular weight is 496 g/mol. The van der Waals surface area contributed by atoms with Gasteiger partial charge in [0.05, 0.1) is 19.4 Å². The number of likely N-dealkylation sites (N-methyl/N-ethyl adjacent to an activating group) is 1. The number of ether oxygens (including phenoxy) is 1. The monoisotopic (exact) mass is 495 g/mol. The normalized spacial score (nSPS) is 11.3. The number of thioether (sulfide) groups is 1. The molecule has 1 heterocycles. The second-order valence-corrected chi connectivity index (χ2v) is 10.1. The van der Waals surface area contributed by atoms with Crippen molar-refractivity contribution in [2.75, 3.05) is 31.8 Å². The summed E-state index contributed by atoms with van der Waals surface area (Å²) in [7, 11) is 3.18. The molecule has 8 nitrogen and oxygen atoms in total. The zero-order valence-corrected chi connectivity index (χ0v) is 22.0. The highest BCUT2D eigenvalue weighted by Gasteiger charge is 2.19. The largest absolute Gasteiger partial charge is 0.497 e. The molecular weight excluding hydrogens is 462 g/mol. The van der Waals surface area contributed by atoms with E-state index in [2.05, 4.69) is 60.6 Å². The van der Waals surface area contributed by atoms with Crippen LogP contribution in [0.5, 0.6) is 5.75 Å². The lowest BCUT2D eigenvalue weighted by Crippen LogP contribution is -2.36. The molecule has 3 aromatic rings.